The molecule has 5 atom stereocenters. The van der Waals surface area contributed by atoms with Gasteiger partial charge in [0.05, 0.1) is 26.4 Å². The first-order valence-electron chi connectivity index (χ1n) is 39.2. The van der Waals surface area contributed by atoms with E-state index in [1.807, 2.05) is 0 Å². The molecular formula is C76H148O17P2. The fraction of sp³-hybridized carbons (Fsp3) is 0.947. The Morgan fingerprint density at radius 2 is 0.442 bits per heavy atom. The van der Waals surface area contributed by atoms with Gasteiger partial charge in [-0.15, -0.1) is 0 Å². The van der Waals surface area contributed by atoms with Gasteiger partial charge in [0.15, 0.2) is 12.2 Å². The predicted octanol–water partition coefficient (Wildman–Crippen LogP) is 22.0. The summed E-state index contributed by atoms with van der Waals surface area (Å²) < 4.78 is 68.4. The van der Waals surface area contributed by atoms with E-state index in [0.717, 1.165) is 114 Å². The van der Waals surface area contributed by atoms with Crippen molar-refractivity contribution in [3.63, 3.8) is 0 Å². The van der Waals surface area contributed by atoms with Crippen molar-refractivity contribution in [3.05, 3.63) is 0 Å². The molecule has 0 fully saturated rings. The van der Waals surface area contributed by atoms with E-state index in [2.05, 4.69) is 55.4 Å². The highest BCUT2D eigenvalue weighted by Crippen LogP contribution is 2.45. The van der Waals surface area contributed by atoms with Gasteiger partial charge in [0.1, 0.15) is 19.3 Å². The first-order chi connectivity index (χ1) is 45.6. The van der Waals surface area contributed by atoms with Crippen molar-refractivity contribution in [2.75, 3.05) is 39.6 Å². The van der Waals surface area contributed by atoms with Crippen LogP contribution in [0.3, 0.4) is 0 Å². The minimum atomic E-state index is -4.96. The molecule has 0 saturated carbocycles. The van der Waals surface area contributed by atoms with Crippen molar-refractivity contribution in [1.29, 1.82) is 0 Å². The highest BCUT2D eigenvalue weighted by molar-refractivity contribution is 7.47. The summed E-state index contributed by atoms with van der Waals surface area (Å²) in [5, 5.41) is 10.6. The van der Waals surface area contributed by atoms with Crippen molar-refractivity contribution in [1.82, 2.24) is 0 Å². The molecule has 0 aromatic carbocycles. The number of hydrogen-bond acceptors (Lipinski definition) is 15. The van der Waals surface area contributed by atoms with E-state index in [1.54, 1.807) is 0 Å². The number of aliphatic hydroxyl groups is 1. The molecule has 0 aromatic heterocycles. The van der Waals surface area contributed by atoms with Gasteiger partial charge in [0, 0.05) is 25.7 Å². The van der Waals surface area contributed by atoms with E-state index < -0.39 is 97.5 Å². The molecule has 17 nitrogen and oxygen atoms in total. The molecule has 0 aromatic rings. The highest BCUT2D eigenvalue weighted by atomic mass is 31.2. The van der Waals surface area contributed by atoms with Crippen LogP contribution < -0.4 is 0 Å². The number of carbonyl (C=O) groups is 4. The molecule has 0 radical (unpaired) electrons. The number of esters is 4. The van der Waals surface area contributed by atoms with E-state index >= 15 is 0 Å². The first kappa shape index (κ1) is 93.1. The molecule has 0 rings (SSSR count). The second-order valence-electron chi connectivity index (χ2n) is 29.3. The third-order valence-corrected chi connectivity index (χ3v) is 19.5. The summed E-state index contributed by atoms with van der Waals surface area (Å²) >= 11 is 0. The molecule has 0 spiro atoms. The summed E-state index contributed by atoms with van der Waals surface area (Å²) in [6.07, 6.45) is 50.3. The van der Waals surface area contributed by atoms with E-state index in [9.17, 15) is 43.2 Å². The second kappa shape index (κ2) is 65.4. The lowest BCUT2D eigenvalue weighted by atomic mass is 10.0. The van der Waals surface area contributed by atoms with Gasteiger partial charge in [0.2, 0.25) is 0 Å². The summed E-state index contributed by atoms with van der Waals surface area (Å²) in [7, 11) is -9.91. The van der Waals surface area contributed by atoms with Crippen LogP contribution in [0.4, 0.5) is 0 Å². The fourth-order valence-corrected chi connectivity index (χ4v) is 13.1. The van der Waals surface area contributed by atoms with Crippen LogP contribution in [-0.2, 0) is 65.4 Å². The van der Waals surface area contributed by atoms with Crippen LogP contribution in [0.25, 0.3) is 0 Å². The Morgan fingerprint density at radius 3 is 0.653 bits per heavy atom. The monoisotopic (exact) mass is 1400 g/mol. The van der Waals surface area contributed by atoms with Crippen LogP contribution in [0.5, 0.6) is 0 Å². The maximum Gasteiger partial charge on any atom is 0.472 e. The number of carbonyl (C=O) groups excluding carboxylic acids is 4. The Labute approximate surface area is 581 Å². The SMILES string of the molecule is CC(C)CCCCCCCCCCCCCCCCCCCCC(=O)OC[C@H](COP(=O)(O)OC[C@@H](O)COP(=O)(O)OC[C@@H](COC(=O)CCCCCCCCC(C)C)OC(=O)CCCCCCCCCCC(C)C)OC(=O)CCCCCCCCCCCCCC(C)C. The van der Waals surface area contributed by atoms with Crippen molar-refractivity contribution < 1.29 is 80.2 Å². The molecule has 0 saturated heterocycles. The van der Waals surface area contributed by atoms with Gasteiger partial charge in [-0.2, -0.15) is 0 Å². The summed E-state index contributed by atoms with van der Waals surface area (Å²) in [4.78, 5) is 72.7. The molecule has 0 amide bonds. The summed E-state index contributed by atoms with van der Waals surface area (Å²) in [6.45, 7) is 14.1. The Morgan fingerprint density at radius 1 is 0.263 bits per heavy atom. The topological polar surface area (TPSA) is 237 Å². The number of aliphatic hydroxyl groups excluding tert-OH is 1. The van der Waals surface area contributed by atoms with Gasteiger partial charge in [-0.3, -0.25) is 37.3 Å². The van der Waals surface area contributed by atoms with Crippen LogP contribution >= 0.6 is 15.6 Å². The van der Waals surface area contributed by atoms with Crippen molar-refractivity contribution >= 4 is 39.5 Å². The molecule has 0 aliphatic carbocycles. The number of hydrogen-bond donors (Lipinski definition) is 3. The smallest absolute Gasteiger partial charge is 0.462 e. The molecule has 19 heteroatoms. The van der Waals surface area contributed by atoms with Crippen molar-refractivity contribution in [2.24, 2.45) is 23.7 Å². The van der Waals surface area contributed by atoms with Gasteiger partial charge in [0.25, 0.3) is 0 Å². The molecular weight excluding hydrogens is 1250 g/mol. The molecule has 0 aliphatic heterocycles. The fourth-order valence-electron chi connectivity index (χ4n) is 11.6. The van der Waals surface area contributed by atoms with E-state index in [0.29, 0.717) is 31.6 Å². The normalized spacial score (nSPS) is 14.1. The number of phosphoric ester groups is 2. The lowest BCUT2D eigenvalue weighted by Crippen LogP contribution is -2.30. The Bertz CT molecular complexity index is 1870. The van der Waals surface area contributed by atoms with Gasteiger partial charge < -0.3 is 33.8 Å². The largest absolute Gasteiger partial charge is 0.472 e. The zero-order valence-corrected chi connectivity index (χ0v) is 64.1. The summed E-state index contributed by atoms with van der Waals surface area (Å²) in [5.74, 6) is 0.861. The van der Waals surface area contributed by atoms with E-state index in [4.69, 9.17) is 37.0 Å². The Balaban J connectivity index is 5.18. The Kier molecular flexibility index (Phi) is 64.0. The molecule has 3 N–H and O–H groups in total. The molecule has 0 heterocycles. The number of ether oxygens (including phenoxy) is 4. The maximum absolute atomic E-state index is 13.1. The molecule has 0 bridgehead atoms. The average Bonchev–Trinajstić information content (AvgIpc) is 1.66. The van der Waals surface area contributed by atoms with Gasteiger partial charge in [-0.1, -0.05) is 331 Å². The van der Waals surface area contributed by atoms with Crippen LogP contribution in [0.2, 0.25) is 0 Å². The average molecular weight is 1400 g/mol. The number of unbranched alkanes of at least 4 members (excludes halogenated alkanes) is 39. The highest BCUT2D eigenvalue weighted by Gasteiger charge is 2.30. The lowest BCUT2D eigenvalue weighted by Gasteiger charge is -2.21. The molecule has 564 valence electrons. The summed E-state index contributed by atoms with van der Waals surface area (Å²) in [5.41, 5.74) is 0. The molecule has 0 aliphatic rings. The second-order valence-corrected chi connectivity index (χ2v) is 32.2. The third-order valence-electron chi connectivity index (χ3n) is 17.6. The first-order valence-corrected chi connectivity index (χ1v) is 42.2. The van der Waals surface area contributed by atoms with Crippen LogP contribution in [-0.4, -0.2) is 96.7 Å². The molecule has 2 unspecified atom stereocenters. The minimum absolute atomic E-state index is 0.103. The number of rotatable bonds is 73. The zero-order valence-electron chi connectivity index (χ0n) is 62.3. The maximum atomic E-state index is 13.1. The lowest BCUT2D eigenvalue weighted by molar-refractivity contribution is -0.161. The minimum Gasteiger partial charge on any atom is -0.462 e. The summed E-state index contributed by atoms with van der Waals surface area (Å²) in [6, 6.07) is 0. The van der Waals surface area contributed by atoms with Gasteiger partial charge in [-0.25, -0.2) is 9.13 Å². The standard InChI is InChI=1S/C76H148O17P2/c1-66(2)52-44-36-28-22-18-15-13-11-9-10-12-14-16-20-24-31-40-48-56-73(78)86-62-71(92-75(80)58-50-42-32-25-21-17-19-23-29-37-45-53-67(3)4)64-90-94(82,83)88-60-70(77)61-89-95(84,85)91-65-72(63-87-74(79)57-49-41-35-34-39-47-55-69(7)8)93-76(81)59-51-43-33-27-26-30-38-46-54-68(5)6/h66-72,77H,9-65H2,1-8H3,(H,82,83)(H,84,85)/t70-,71-,72-/m1/s1. The predicted molar refractivity (Wildman–Crippen MR) is 386 cm³/mol. The third kappa shape index (κ3) is 70.3. The van der Waals surface area contributed by atoms with Crippen LogP contribution in [0.15, 0.2) is 0 Å². The zero-order chi connectivity index (χ0) is 70.3. The van der Waals surface area contributed by atoms with Crippen molar-refractivity contribution in [3.8, 4) is 0 Å². The van der Waals surface area contributed by atoms with Crippen LogP contribution in [0.1, 0.15) is 383 Å². The van der Waals surface area contributed by atoms with Crippen LogP contribution in [0, 0.1) is 23.7 Å². The Hall–Kier alpha value is -1.94. The van der Waals surface area contributed by atoms with E-state index in [1.165, 1.54) is 180 Å². The van der Waals surface area contributed by atoms with Crippen molar-refractivity contribution in [2.45, 2.75) is 401 Å². The van der Waals surface area contributed by atoms with Gasteiger partial charge in [-0.05, 0) is 49.4 Å². The van der Waals surface area contributed by atoms with E-state index in [-0.39, 0.29) is 25.7 Å². The van der Waals surface area contributed by atoms with Gasteiger partial charge >= 0.3 is 39.5 Å². The number of phosphoric acid groups is 2. The molecule has 95 heavy (non-hydrogen) atoms. The quantitative estimate of drug-likeness (QED) is 0.0222.